The molecule has 0 aromatic heterocycles. The van der Waals surface area contributed by atoms with Crippen LogP contribution < -0.4 is 0 Å². The summed E-state index contributed by atoms with van der Waals surface area (Å²) in [6, 6.07) is 4.38. The van der Waals surface area contributed by atoms with Crippen molar-refractivity contribution in [1.29, 1.82) is 0 Å². The average molecular weight is 299 g/mol. The number of ketones is 1. The second-order valence-corrected chi connectivity index (χ2v) is 5.47. The molecular formula is C15H16ClFO3. The highest BCUT2D eigenvalue weighted by Gasteiger charge is 2.42. The Bertz CT molecular complexity index is 510. The van der Waals surface area contributed by atoms with E-state index in [1.165, 1.54) is 12.1 Å². The minimum atomic E-state index is -0.475. The number of carbonyl (C=O) groups is 2. The third-order valence-corrected chi connectivity index (χ3v) is 3.60. The van der Waals surface area contributed by atoms with Gasteiger partial charge in [0.1, 0.15) is 18.0 Å². The molecule has 108 valence electrons. The van der Waals surface area contributed by atoms with Crippen molar-refractivity contribution in [1.82, 2.24) is 0 Å². The van der Waals surface area contributed by atoms with Crippen LogP contribution in [0.2, 0.25) is 5.02 Å². The van der Waals surface area contributed by atoms with Gasteiger partial charge in [-0.1, -0.05) is 11.6 Å². The average Bonchev–Trinajstić information content (AvgIpc) is 3.07. The number of carbonyl (C=O) groups excluding carboxylic acids is 2. The van der Waals surface area contributed by atoms with Crippen LogP contribution in [0.15, 0.2) is 18.2 Å². The van der Waals surface area contributed by atoms with Gasteiger partial charge in [-0.05, 0) is 49.4 Å². The number of esters is 1. The van der Waals surface area contributed by atoms with E-state index >= 15 is 0 Å². The van der Waals surface area contributed by atoms with Gasteiger partial charge in [0.05, 0.1) is 6.61 Å². The number of ether oxygens (including phenoxy) is 1. The van der Waals surface area contributed by atoms with Crippen LogP contribution in [0, 0.1) is 17.7 Å². The summed E-state index contributed by atoms with van der Waals surface area (Å²) in [5, 5.41) is 0.357. The van der Waals surface area contributed by atoms with Crippen LogP contribution in [0.4, 0.5) is 4.39 Å². The Morgan fingerprint density at radius 2 is 2.15 bits per heavy atom. The van der Waals surface area contributed by atoms with Crippen molar-refractivity contribution >= 4 is 23.4 Å². The minimum absolute atomic E-state index is 0.0871. The summed E-state index contributed by atoms with van der Waals surface area (Å²) in [5.41, 5.74) is 0.784. The predicted octanol–water partition coefficient (Wildman–Crippen LogP) is 3.18. The highest BCUT2D eigenvalue weighted by molar-refractivity contribution is 6.30. The fraction of sp³-hybridized carbons (Fsp3) is 0.467. The molecule has 1 fully saturated rings. The van der Waals surface area contributed by atoms with Crippen molar-refractivity contribution < 1.29 is 18.7 Å². The van der Waals surface area contributed by atoms with Crippen LogP contribution >= 0.6 is 11.6 Å². The van der Waals surface area contributed by atoms with E-state index in [-0.39, 0.29) is 36.5 Å². The maximum atomic E-state index is 13.2. The zero-order chi connectivity index (χ0) is 14.7. The van der Waals surface area contributed by atoms with Crippen molar-refractivity contribution in [3.8, 4) is 0 Å². The standard InChI is InChI=1S/C15H16ClFO3/c1-2-20-15(19)8-14(18)13-6-10(13)3-9-4-11(16)7-12(17)5-9/h4-5,7,10,13H,2-3,6,8H2,1H3. The molecule has 0 bridgehead atoms. The molecule has 3 nitrogen and oxygen atoms in total. The van der Waals surface area contributed by atoms with Gasteiger partial charge in [0.2, 0.25) is 0 Å². The lowest BCUT2D eigenvalue weighted by atomic mass is 10.1. The van der Waals surface area contributed by atoms with Crippen LogP contribution in [0.5, 0.6) is 0 Å². The number of Topliss-reactive ketones (excluding diaryl/α,β-unsaturated/α-hetero) is 1. The molecule has 2 rings (SSSR count). The molecule has 0 saturated heterocycles. The topological polar surface area (TPSA) is 43.4 Å². The van der Waals surface area contributed by atoms with E-state index in [1.807, 2.05) is 0 Å². The van der Waals surface area contributed by atoms with Gasteiger partial charge in [0.25, 0.3) is 0 Å². The Morgan fingerprint density at radius 3 is 2.80 bits per heavy atom. The minimum Gasteiger partial charge on any atom is -0.466 e. The summed E-state index contributed by atoms with van der Waals surface area (Å²) in [6.07, 6.45) is 1.18. The van der Waals surface area contributed by atoms with Gasteiger partial charge in [0.15, 0.2) is 0 Å². The number of rotatable bonds is 6. The zero-order valence-electron chi connectivity index (χ0n) is 11.2. The van der Waals surface area contributed by atoms with Crippen molar-refractivity contribution in [2.75, 3.05) is 6.61 Å². The van der Waals surface area contributed by atoms with Gasteiger partial charge in [-0.15, -0.1) is 0 Å². The number of benzene rings is 1. The Kier molecular flexibility index (Phi) is 4.76. The van der Waals surface area contributed by atoms with E-state index in [0.717, 1.165) is 12.0 Å². The molecule has 0 radical (unpaired) electrons. The third kappa shape index (κ3) is 4.04. The van der Waals surface area contributed by atoms with E-state index in [9.17, 15) is 14.0 Å². The molecule has 5 heteroatoms. The normalized spacial score (nSPS) is 20.6. The Labute approximate surface area is 122 Å². The first-order valence-corrected chi connectivity index (χ1v) is 7.00. The molecule has 1 aliphatic carbocycles. The lowest BCUT2D eigenvalue weighted by Crippen LogP contribution is -2.13. The van der Waals surface area contributed by atoms with E-state index in [0.29, 0.717) is 11.4 Å². The third-order valence-electron chi connectivity index (χ3n) is 3.38. The van der Waals surface area contributed by atoms with Crippen LogP contribution in [0.1, 0.15) is 25.3 Å². The molecule has 1 saturated carbocycles. The van der Waals surface area contributed by atoms with E-state index < -0.39 is 5.97 Å². The van der Waals surface area contributed by atoms with Gasteiger partial charge < -0.3 is 4.74 Å². The van der Waals surface area contributed by atoms with Crippen molar-refractivity contribution in [2.24, 2.45) is 11.8 Å². The van der Waals surface area contributed by atoms with Gasteiger partial charge in [0, 0.05) is 10.9 Å². The van der Waals surface area contributed by atoms with E-state index in [2.05, 4.69) is 0 Å². The van der Waals surface area contributed by atoms with Crippen LogP contribution in [-0.4, -0.2) is 18.4 Å². The lowest BCUT2D eigenvalue weighted by Gasteiger charge is -2.03. The molecular weight excluding hydrogens is 283 g/mol. The van der Waals surface area contributed by atoms with Crippen molar-refractivity contribution in [3.05, 3.63) is 34.6 Å². The molecule has 0 amide bonds. The summed E-state index contributed by atoms with van der Waals surface area (Å²) >= 11 is 5.79. The van der Waals surface area contributed by atoms with Crippen LogP contribution in [0.25, 0.3) is 0 Å². The fourth-order valence-corrected chi connectivity index (χ4v) is 2.63. The summed E-state index contributed by atoms with van der Waals surface area (Å²) in [6.45, 7) is 1.98. The summed E-state index contributed by atoms with van der Waals surface area (Å²) in [5.74, 6) is -0.869. The second-order valence-electron chi connectivity index (χ2n) is 5.03. The molecule has 2 unspecified atom stereocenters. The predicted molar refractivity (Wildman–Crippen MR) is 73.0 cm³/mol. The molecule has 0 spiro atoms. The van der Waals surface area contributed by atoms with Gasteiger partial charge in [-0.25, -0.2) is 4.39 Å². The van der Waals surface area contributed by atoms with Crippen LogP contribution in [0.3, 0.4) is 0 Å². The van der Waals surface area contributed by atoms with E-state index in [4.69, 9.17) is 16.3 Å². The quantitative estimate of drug-likeness (QED) is 0.598. The Morgan fingerprint density at radius 1 is 1.40 bits per heavy atom. The van der Waals surface area contributed by atoms with Gasteiger partial charge in [-0.3, -0.25) is 9.59 Å². The lowest BCUT2D eigenvalue weighted by molar-refractivity contribution is -0.145. The zero-order valence-corrected chi connectivity index (χ0v) is 12.0. The molecule has 0 N–H and O–H groups in total. The first-order valence-electron chi connectivity index (χ1n) is 6.63. The monoisotopic (exact) mass is 298 g/mol. The number of hydrogen-bond acceptors (Lipinski definition) is 3. The summed E-state index contributed by atoms with van der Waals surface area (Å²) in [4.78, 5) is 23.1. The first kappa shape index (κ1) is 15.0. The molecule has 20 heavy (non-hydrogen) atoms. The SMILES string of the molecule is CCOC(=O)CC(=O)C1CC1Cc1cc(F)cc(Cl)c1. The highest BCUT2D eigenvalue weighted by Crippen LogP contribution is 2.42. The molecule has 0 heterocycles. The number of hydrogen-bond donors (Lipinski definition) is 0. The largest absolute Gasteiger partial charge is 0.466 e. The van der Waals surface area contributed by atoms with Gasteiger partial charge >= 0.3 is 5.97 Å². The second kappa shape index (κ2) is 6.35. The molecule has 1 aromatic rings. The highest BCUT2D eigenvalue weighted by atomic mass is 35.5. The summed E-state index contributed by atoms with van der Waals surface area (Å²) in [7, 11) is 0. The molecule has 2 atom stereocenters. The molecule has 1 aliphatic rings. The maximum absolute atomic E-state index is 13.2. The smallest absolute Gasteiger partial charge is 0.313 e. The first-order chi connectivity index (χ1) is 9.49. The van der Waals surface area contributed by atoms with Crippen LogP contribution in [-0.2, 0) is 20.7 Å². The Hall–Kier alpha value is -1.42. The maximum Gasteiger partial charge on any atom is 0.313 e. The Balaban J connectivity index is 1.85. The summed E-state index contributed by atoms with van der Waals surface area (Å²) < 4.78 is 17.9. The number of halogens is 2. The van der Waals surface area contributed by atoms with Gasteiger partial charge in [-0.2, -0.15) is 0 Å². The molecule has 0 aliphatic heterocycles. The van der Waals surface area contributed by atoms with Crippen molar-refractivity contribution in [3.63, 3.8) is 0 Å². The molecule has 1 aromatic carbocycles. The van der Waals surface area contributed by atoms with E-state index in [1.54, 1.807) is 13.0 Å². The fourth-order valence-electron chi connectivity index (χ4n) is 2.38. The van der Waals surface area contributed by atoms with Crippen molar-refractivity contribution in [2.45, 2.75) is 26.2 Å².